The number of hydrogen-bond donors (Lipinski definition) is 1. The summed E-state index contributed by atoms with van der Waals surface area (Å²) < 4.78 is 35.7. The molecule has 0 radical (unpaired) electrons. The normalized spacial score (nSPS) is 11.3. The Bertz CT molecular complexity index is 385. The minimum absolute atomic E-state index is 0.153. The van der Waals surface area contributed by atoms with Crippen LogP contribution in [0, 0.1) is 13.8 Å². The zero-order valence-electron chi connectivity index (χ0n) is 8.27. The highest BCUT2D eigenvalue weighted by atomic mass is 19.4. The third-order valence-electron chi connectivity index (χ3n) is 2.02. The lowest BCUT2D eigenvalue weighted by Gasteiger charge is -2.09. The molecule has 0 aromatic heterocycles. The molecule has 0 aliphatic carbocycles. The molecule has 1 N–H and O–H groups in total. The lowest BCUT2D eigenvalue weighted by atomic mass is 10.1. The van der Waals surface area contributed by atoms with Crippen LogP contribution in [0.5, 0.6) is 0 Å². The molecule has 0 saturated heterocycles. The molecule has 1 aromatic rings. The molecule has 15 heavy (non-hydrogen) atoms. The highest BCUT2D eigenvalue weighted by Gasteiger charge is 2.38. The molecule has 1 amide bonds. The van der Waals surface area contributed by atoms with E-state index in [2.05, 4.69) is 0 Å². The first-order chi connectivity index (χ1) is 6.80. The van der Waals surface area contributed by atoms with Gasteiger partial charge in [0.15, 0.2) is 0 Å². The molecule has 2 nitrogen and oxygen atoms in total. The maximum Gasteiger partial charge on any atom is 0.471 e. The van der Waals surface area contributed by atoms with Gasteiger partial charge in [0.25, 0.3) is 0 Å². The summed E-state index contributed by atoms with van der Waals surface area (Å²) in [5.41, 5.74) is 1.94. The fraction of sp³-hybridized carbons (Fsp3) is 0.300. The smallest absolute Gasteiger partial charge is 0.318 e. The van der Waals surface area contributed by atoms with Gasteiger partial charge in [-0.15, -0.1) is 0 Å². The van der Waals surface area contributed by atoms with Gasteiger partial charge in [-0.1, -0.05) is 6.07 Å². The molecule has 0 aliphatic heterocycles. The molecular weight excluding hydrogens is 207 g/mol. The Morgan fingerprint density at radius 1 is 1.20 bits per heavy atom. The maximum absolute atomic E-state index is 11.9. The van der Waals surface area contributed by atoms with Gasteiger partial charge in [-0.25, -0.2) is 0 Å². The van der Waals surface area contributed by atoms with Crippen LogP contribution in [0.15, 0.2) is 18.2 Å². The molecule has 1 rings (SSSR count). The van der Waals surface area contributed by atoms with Crippen molar-refractivity contribution in [2.45, 2.75) is 20.0 Å². The van der Waals surface area contributed by atoms with E-state index in [0.29, 0.717) is 0 Å². The SMILES string of the molecule is Cc1ccc(NC(=O)C(F)(F)F)cc1C. The van der Waals surface area contributed by atoms with Crippen LogP contribution in [0.2, 0.25) is 0 Å². The Kier molecular flexibility index (Phi) is 3.02. The number of hydrogen-bond acceptors (Lipinski definition) is 1. The Morgan fingerprint density at radius 3 is 2.27 bits per heavy atom. The Labute approximate surface area is 85.1 Å². The number of carbonyl (C=O) groups is 1. The Balaban J connectivity index is 2.83. The van der Waals surface area contributed by atoms with Crippen LogP contribution in [-0.2, 0) is 4.79 Å². The standard InChI is InChI=1S/C10H10F3NO/c1-6-3-4-8(5-7(6)2)14-9(15)10(11,12)13/h3-5H,1-2H3,(H,14,15). The molecule has 82 valence electrons. The second-order valence-electron chi connectivity index (χ2n) is 3.25. The number of amides is 1. The van der Waals surface area contributed by atoms with Gasteiger partial charge in [0.2, 0.25) is 0 Å². The Morgan fingerprint density at radius 2 is 1.80 bits per heavy atom. The van der Waals surface area contributed by atoms with Crippen LogP contribution in [0.1, 0.15) is 11.1 Å². The van der Waals surface area contributed by atoms with E-state index in [1.54, 1.807) is 18.3 Å². The summed E-state index contributed by atoms with van der Waals surface area (Å²) in [5.74, 6) is -1.95. The minimum Gasteiger partial charge on any atom is -0.318 e. The Hall–Kier alpha value is -1.52. The number of halogens is 3. The third kappa shape index (κ3) is 2.97. The topological polar surface area (TPSA) is 29.1 Å². The van der Waals surface area contributed by atoms with Crippen molar-refractivity contribution in [1.82, 2.24) is 0 Å². The number of anilines is 1. The second-order valence-corrected chi connectivity index (χ2v) is 3.25. The first-order valence-electron chi connectivity index (χ1n) is 4.26. The molecule has 5 heteroatoms. The molecule has 0 fully saturated rings. The van der Waals surface area contributed by atoms with Crippen LogP contribution >= 0.6 is 0 Å². The van der Waals surface area contributed by atoms with Gasteiger partial charge < -0.3 is 5.32 Å². The molecule has 1 aromatic carbocycles. The number of rotatable bonds is 1. The summed E-state index contributed by atoms with van der Waals surface area (Å²) in [4.78, 5) is 10.6. The molecule has 0 saturated carbocycles. The number of carbonyl (C=O) groups excluding carboxylic acids is 1. The van der Waals surface area contributed by atoms with E-state index in [1.807, 2.05) is 6.92 Å². The first kappa shape index (κ1) is 11.6. The van der Waals surface area contributed by atoms with Crippen LogP contribution in [0.25, 0.3) is 0 Å². The van der Waals surface area contributed by atoms with Crippen molar-refractivity contribution in [3.8, 4) is 0 Å². The van der Waals surface area contributed by atoms with E-state index in [-0.39, 0.29) is 5.69 Å². The van der Waals surface area contributed by atoms with Crippen LogP contribution in [0.3, 0.4) is 0 Å². The average Bonchev–Trinajstić information content (AvgIpc) is 2.10. The van der Waals surface area contributed by atoms with Gasteiger partial charge in [-0.3, -0.25) is 4.79 Å². The van der Waals surface area contributed by atoms with Gasteiger partial charge in [-0.2, -0.15) is 13.2 Å². The van der Waals surface area contributed by atoms with Crippen molar-refractivity contribution in [1.29, 1.82) is 0 Å². The predicted octanol–water partition coefficient (Wildman–Crippen LogP) is 2.80. The third-order valence-corrected chi connectivity index (χ3v) is 2.02. The van der Waals surface area contributed by atoms with Gasteiger partial charge in [0, 0.05) is 5.69 Å². The van der Waals surface area contributed by atoms with Crippen molar-refractivity contribution in [3.63, 3.8) is 0 Å². The molecule has 0 spiro atoms. The van der Waals surface area contributed by atoms with Gasteiger partial charge in [0.05, 0.1) is 0 Å². The molecule has 0 atom stereocenters. The largest absolute Gasteiger partial charge is 0.471 e. The van der Waals surface area contributed by atoms with Crippen molar-refractivity contribution >= 4 is 11.6 Å². The summed E-state index contributed by atoms with van der Waals surface area (Å²) in [6, 6.07) is 4.59. The van der Waals surface area contributed by atoms with Crippen LogP contribution < -0.4 is 5.32 Å². The van der Waals surface area contributed by atoms with Crippen LogP contribution in [0.4, 0.5) is 18.9 Å². The van der Waals surface area contributed by atoms with Gasteiger partial charge in [-0.05, 0) is 37.1 Å². The zero-order valence-corrected chi connectivity index (χ0v) is 8.27. The number of benzene rings is 1. The first-order valence-corrected chi connectivity index (χ1v) is 4.26. The minimum atomic E-state index is -4.85. The van der Waals surface area contributed by atoms with Gasteiger partial charge in [0.1, 0.15) is 0 Å². The summed E-state index contributed by atoms with van der Waals surface area (Å²) in [6.07, 6.45) is -4.85. The van der Waals surface area contributed by atoms with E-state index in [9.17, 15) is 18.0 Å². The van der Waals surface area contributed by atoms with E-state index < -0.39 is 12.1 Å². The fourth-order valence-corrected chi connectivity index (χ4v) is 1.02. The van der Waals surface area contributed by atoms with Crippen LogP contribution in [-0.4, -0.2) is 12.1 Å². The second kappa shape index (κ2) is 3.92. The highest BCUT2D eigenvalue weighted by Crippen LogP contribution is 2.19. The number of aryl methyl sites for hydroxylation is 2. The summed E-state index contributed by atoms with van der Waals surface area (Å²) in [6.45, 7) is 3.60. The molecule has 0 bridgehead atoms. The van der Waals surface area contributed by atoms with E-state index in [0.717, 1.165) is 11.1 Å². The lowest BCUT2D eigenvalue weighted by Crippen LogP contribution is -2.29. The van der Waals surface area contributed by atoms with Crippen molar-refractivity contribution in [3.05, 3.63) is 29.3 Å². The summed E-state index contributed by atoms with van der Waals surface area (Å²) in [5, 5.41) is 1.79. The lowest BCUT2D eigenvalue weighted by molar-refractivity contribution is -0.167. The predicted molar refractivity (Wildman–Crippen MR) is 50.6 cm³/mol. The average molecular weight is 217 g/mol. The van der Waals surface area contributed by atoms with Crippen molar-refractivity contribution < 1.29 is 18.0 Å². The van der Waals surface area contributed by atoms with E-state index >= 15 is 0 Å². The highest BCUT2D eigenvalue weighted by molar-refractivity contribution is 5.94. The molecule has 0 aliphatic rings. The number of alkyl halides is 3. The van der Waals surface area contributed by atoms with Crippen molar-refractivity contribution in [2.24, 2.45) is 0 Å². The zero-order chi connectivity index (χ0) is 11.6. The summed E-state index contributed by atoms with van der Waals surface area (Å²) >= 11 is 0. The molecule has 0 unspecified atom stereocenters. The quantitative estimate of drug-likeness (QED) is 0.769. The molecule has 0 heterocycles. The number of nitrogens with one attached hydrogen (secondary N) is 1. The van der Waals surface area contributed by atoms with Crippen molar-refractivity contribution in [2.75, 3.05) is 5.32 Å². The van der Waals surface area contributed by atoms with E-state index in [1.165, 1.54) is 12.1 Å². The molecular formula is C10H10F3NO. The maximum atomic E-state index is 11.9. The summed E-state index contributed by atoms with van der Waals surface area (Å²) in [7, 11) is 0. The fourth-order valence-electron chi connectivity index (χ4n) is 1.02. The van der Waals surface area contributed by atoms with E-state index in [4.69, 9.17) is 0 Å². The monoisotopic (exact) mass is 217 g/mol. The van der Waals surface area contributed by atoms with Gasteiger partial charge >= 0.3 is 12.1 Å².